The van der Waals surface area contributed by atoms with Crippen LogP contribution < -0.4 is 36.0 Å². The third-order valence-electron chi connectivity index (χ3n) is 19.0. The van der Waals surface area contributed by atoms with Crippen LogP contribution in [0.15, 0.2) is 124 Å². The number of thiol groups is 1. The van der Waals surface area contributed by atoms with Crippen molar-refractivity contribution in [3.8, 4) is 0 Å². The molecule has 6 aromatic rings. The number of ether oxygens (including phenoxy) is 1. The zero-order chi connectivity index (χ0) is 87.5. The number of carboxylic acids is 1. The Bertz CT molecular complexity index is 4820. The number of halogens is 7. The number of urea groups is 1. The summed E-state index contributed by atoms with van der Waals surface area (Å²) < 4.78 is 157. The number of hydrogen-bond acceptors (Lipinski definition) is 19. The number of nitrogens with one attached hydrogen (secondary N) is 4. The van der Waals surface area contributed by atoms with Crippen LogP contribution in [0.3, 0.4) is 0 Å². The van der Waals surface area contributed by atoms with E-state index in [0.717, 1.165) is 53.8 Å². The molecule has 34 heteroatoms. The van der Waals surface area contributed by atoms with Gasteiger partial charge in [-0.2, -0.15) is 0 Å². The van der Waals surface area contributed by atoms with E-state index in [0.29, 0.717) is 113 Å². The Balaban J connectivity index is 0.000000263. The summed E-state index contributed by atoms with van der Waals surface area (Å²) in [5, 5.41) is 20.5. The number of ketones is 1. The van der Waals surface area contributed by atoms with Crippen LogP contribution in [0.1, 0.15) is 147 Å². The van der Waals surface area contributed by atoms with Gasteiger partial charge in [-0.1, -0.05) is 69.6 Å². The number of sulfone groups is 3. The largest absolute Gasteiger partial charge is 0.480 e. The lowest BCUT2D eigenvalue weighted by Crippen LogP contribution is -2.43. The number of amides is 4. The molecule has 644 valence electrons. The predicted octanol–water partition coefficient (Wildman–Crippen LogP) is 17.4. The van der Waals surface area contributed by atoms with E-state index in [1.54, 1.807) is 71.9 Å². The molecule has 0 unspecified atom stereocenters. The number of nitrogens with zero attached hydrogens (tertiary/aromatic N) is 3. The van der Waals surface area contributed by atoms with Gasteiger partial charge in [-0.05, 0) is 202 Å². The number of thioether (sulfide) groups is 2. The minimum Gasteiger partial charge on any atom is -0.480 e. The highest BCUT2D eigenvalue weighted by molar-refractivity contribution is 9.10. The van der Waals surface area contributed by atoms with Crippen LogP contribution in [0.5, 0.6) is 0 Å². The quantitative estimate of drug-likeness (QED) is 0.00874. The first-order valence-corrected chi connectivity index (χ1v) is 46.7. The lowest BCUT2D eigenvalue weighted by molar-refractivity contribution is -0.145. The Morgan fingerprint density at radius 1 is 0.487 bits per heavy atom. The van der Waals surface area contributed by atoms with Crippen LogP contribution in [0.2, 0.25) is 0 Å². The Morgan fingerprint density at radius 2 is 0.812 bits per heavy atom. The average molecular weight is 1810 g/mol. The number of carboxylic acid groups (broad SMARTS) is 1. The van der Waals surface area contributed by atoms with Gasteiger partial charge >= 0.3 is 18.0 Å². The molecule has 3 fully saturated rings. The predicted molar refractivity (Wildman–Crippen MR) is 462 cm³/mol. The number of carbonyl (C=O) groups is 6. The molecule has 0 atom stereocenters. The first kappa shape index (κ1) is 98.3. The lowest BCUT2D eigenvalue weighted by Gasteiger charge is -2.38. The number of benzene rings is 6. The number of alkyl halides is 1. The molecule has 0 bridgehead atoms. The highest BCUT2D eigenvalue weighted by Gasteiger charge is 2.37. The summed E-state index contributed by atoms with van der Waals surface area (Å²) in [6, 6.07) is 24.3. The summed E-state index contributed by atoms with van der Waals surface area (Å²) in [7, 11) is -9.18. The molecule has 21 nitrogen and oxygen atoms in total. The van der Waals surface area contributed by atoms with Crippen LogP contribution >= 0.6 is 52.1 Å². The van der Waals surface area contributed by atoms with Gasteiger partial charge in [-0.3, -0.25) is 24.0 Å². The van der Waals surface area contributed by atoms with Gasteiger partial charge in [-0.15, -0.1) is 36.2 Å². The summed E-state index contributed by atoms with van der Waals surface area (Å²) >= 11 is 9.97. The van der Waals surface area contributed by atoms with Gasteiger partial charge in [0.15, 0.2) is 0 Å². The smallest absolute Gasteiger partial charge is 0.323 e. The van der Waals surface area contributed by atoms with Crippen molar-refractivity contribution in [1.82, 2.24) is 0 Å². The third-order valence-corrected chi connectivity index (χ3v) is 27.3. The second-order valence-electron chi connectivity index (χ2n) is 31.8. The van der Waals surface area contributed by atoms with Crippen molar-refractivity contribution in [3.63, 3.8) is 0 Å². The third kappa shape index (κ3) is 31.5. The zero-order valence-corrected chi connectivity index (χ0v) is 74.9. The number of hydrogen-bond donors (Lipinski definition) is 6. The lowest BCUT2D eigenvalue weighted by atomic mass is 10.0. The van der Waals surface area contributed by atoms with Crippen LogP contribution in [0.25, 0.3) is 0 Å². The number of esters is 1. The molecule has 9 rings (SSSR count). The van der Waals surface area contributed by atoms with Gasteiger partial charge < -0.3 is 45.8 Å². The molecule has 4 amide bonds. The van der Waals surface area contributed by atoms with Gasteiger partial charge in [0.2, 0.25) is 11.8 Å². The van der Waals surface area contributed by atoms with Crippen molar-refractivity contribution in [3.05, 3.63) is 155 Å². The van der Waals surface area contributed by atoms with Gasteiger partial charge in [-0.25, -0.2) is 56.4 Å². The van der Waals surface area contributed by atoms with E-state index in [1.807, 2.05) is 52.0 Å². The minimum absolute atomic E-state index is 0.0249. The molecule has 3 saturated heterocycles. The van der Waals surface area contributed by atoms with E-state index in [4.69, 9.17) is 4.74 Å². The van der Waals surface area contributed by atoms with Crippen molar-refractivity contribution >= 4 is 157 Å². The monoisotopic (exact) mass is 1810 g/mol. The fraction of sp³-hybridized carbons (Fsp3) is 0.494. The average Bonchev–Trinajstić information content (AvgIpc) is 0.796. The Morgan fingerprint density at radius 3 is 1.15 bits per heavy atom. The highest BCUT2D eigenvalue weighted by atomic mass is 79.9. The van der Waals surface area contributed by atoms with Gasteiger partial charge in [0.1, 0.15) is 79.7 Å². The van der Waals surface area contributed by atoms with Crippen LogP contribution in [0, 0.1) is 52.7 Å². The molecule has 3 heterocycles. The van der Waals surface area contributed by atoms with Crippen molar-refractivity contribution < 1.29 is 90.2 Å². The molecule has 5 N–H and O–H groups in total. The van der Waals surface area contributed by atoms with Crippen molar-refractivity contribution in [2.45, 2.75) is 195 Å². The van der Waals surface area contributed by atoms with Gasteiger partial charge in [0.05, 0.1) is 98.1 Å². The minimum atomic E-state index is -3.09. The molecule has 6 aromatic carbocycles. The standard InChI is InChI=1S/C28H37F2N3O5S2.C27H34F2N2O5S2.C23H28F2N2O3S2.C5H9BrO/c1-6-38-26(34)28(4,5)39-21-8-10-25(33(17-18(2)3)20-11-13-40(36,37)14-12-20)24(16-21)32-27(35)31-23-9-7-19(29)15-22(23)30;1-17(2)16-31(20-9-11-38(35,36)12-10-20)24-8-7-21(37-27(3,4)26(33)34)15-23(24)30-25(32)13-18-5-6-19(28)14-22(18)29;1-15(2)14-27(18-7-9-32(29,30)10-8-18)22-6-5-19(31)13-21(22)26-23(28)11-16-3-4-17(24)12-20(16)25;1-4(7)5(2,3)6/h7-10,15-16,18,20H,6,11-14,17H2,1-5H3,(H2,31,32,35);5-8,14-15,17,20H,9-13,16H2,1-4H3,(H,30,32)(H,33,34);3-6,12-13,15,18,31H,7-11,14H2,1-2H3,(H,26,28);1-3H3. The molecule has 3 aliphatic heterocycles. The number of rotatable bonds is 28. The molecule has 3 aliphatic rings. The maximum atomic E-state index is 14.2. The Hall–Kier alpha value is -7.50. The summed E-state index contributed by atoms with van der Waals surface area (Å²) in [6.45, 7) is 28.1. The SMILES string of the molecule is CC(=O)C(C)(C)Br.CC(C)CN(c1ccc(S)cc1NC(=O)Cc1ccc(F)cc1F)C1CCS(=O)(=O)CC1.CC(C)CN(c1ccc(SC(C)(C)C(=O)O)cc1NC(=O)Cc1ccc(F)cc1F)C1CCS(=O)(=O)CC1.CCOC(=O)C(C)(C)Sc1ccc(N(CC(C)C)C2CCS(=O)(=O)CC2)c(NC(=O)Nc2ccc(F)cc2F)c1. The van der Waals surface area contributed by atoms with Gasteiger partial charge in [0, 0.05) is 70.6 Å². The highest BCUT2D eigenvalue weighted by Crippen LogP contribution is 2.43. The number of Topliss-reactive ketones (excluding diaryl/α,β-unsaturated/α-hetero) is 1. The maximum Gasteiger partial charge on any atom is 0.323 e. The van der Waals surface area contributed by atoms with Crippen molar-refractivity contribution in [2.24, 2.45) is 17.8 Å². The molecule has 0 spiro atoms. The summed E-state index contributed by atoms with van der Waals surface area (Å²) in [5.74, 6) is -5.51. The molecule has 117 heavy (non-hydrogen) atoms. The molecule has 0 aliphatic carbocycles. The van der Waals surface area contributed by atoms with Gasteiger partial charge in [0.25, 0.3) is 0 Å². The summed E-state index contributed by atoms with van der Waals surface area (Å²) in [6.07, 6.45) is 2.28. The summed E-state index contributed by atoms with van der Waals surface area (Å²) in [5.41, 5.74) is 3.42. The van der Waals surface area contributed by atoms with E-state index in [1.165, 1.54) is 23.9 Å². The van der Waals surface area contributed by atoms with Crippen molar-refractivity contribution in [1.29, 1.82) is 0 Å². The topological polar surface area (TPSA) is 292 Å². The van der Waals surface area contributed by atoms with E-state index >= 15 is 0 Å². The Kier molecular flexibility index (Phi) is 36.2. The maximum absolute atomic E-state index is 14.2. The molecule has 0 radical (unpaired) electrons. The van der Waals surface area contributed by atoms with Crippen LogP contribution in [-0.2, 0) is 71.1 Å². The number of anilines is 7. The molecular formula is C83H108BrF6N7O14S6. The molecule has 0 saturated carbocycles. The van der Waals surface area contributed by atoms with Crippen molar-refractivity contribution in [2.75, 3.05) is 96.7 Å². The number of aliphatic carboxylic acids is 1. The van der Waals surface area contributed by atoms with E-state index in [-0.39, 0.29) is 117 Å². The Labute approximate surface area is 706 Å². The van der Waals surface area contributed by atoms with E-state index in [9.17, 15) is 85.5 Å². The molecular weight excluding hydrogens is 1710 g/mol. The second kappa shape index (κ2) is 43.1. The number of carbonyl (C=O) groups excluding carboxylic acids is 5. The normalized spacial score (nSPS) is 15.6. The fourth-order valence-corrected chi connectivity index (χ4v) is 19.4. The fourth-order valence-electron chi connectivity index (χ4n) is 12.7. The first-order valence-electron chi connectivity index (χ1n) is 38.4. The van der Waals surface area contributed by atoms with E-state index in [2.05, 4.69) is 92.2 Å². The van der Waals surface area contributed by atoms with Crippen LogP contribution in [0.4, 0.5) is 70.9 Å². The molecule has 0 aromatic heterocycles. The zero-order valence-electron chi connectivity index (χ0n) is 68.3. The van der Waals surface area contributed by atoms with Crippen LogP contribution in [-0.4, -0.2) is 159 Å². The summed E-state index contributed by atoms with van der Waals surface area (Å²) in [4.78, 5) is 81.6. The van der Waals surface area contributed by atoms with E-state index < -0.39 is 97.7 Å². The second-order valence-corrected chi connectivity index (χ2v) is 44.6. The first-order chi connectivity index (χ1) is 54.3.